The van der Waals surface area contributed by atoms with Gasteiger partial charge in [-0.15, -0.1) is 0 Å². The van der Waals surface area contributed by atoms with E-state index in [9.17, 15) is 0 Å². The van der Waals surface area contributed by atoms with Gasteiger partial charge in [0, 0.05) is 21.1 Å². The van der Waals surface area contributed by atoms with Gasteiger partial charge in [0.15, 0.2) is 5.34 Å². The molecule has 1 aliphatic rings. The van der Waals surface area contributed by atoms with Crippen LogP contribution < -0.4 is 0 Å². The van der Waals surface area contributed by atoms with Gasteiger partial charge in [-0.2, -0.15) is 0 Å². The molecule has 3 rings (SSSR count). The monoisotopic (exact) mass is 696 g/mol. The van der Waals surface area contributed by atoms with Gasteiger partial charge in [-0.3, -0.25) is 0 Å². The first-order chi connectivity index (χ1) is 16.2. The third-order valence-electron chi connectivity index (χ3n) is 4.71. The molecule has 10 heteroatoms. The maximum Gasteiger partial charge on any atom is 0 e. The standard InChI is InChI=1S/C20H29OPSi2.5CO.W/c1-23(2,3)19(24(4,5)6)22-20(21-22,17-13-9-7-10-14-17)18-15-11-8-12-16-18;5*1-2;/h7-16,19H,1-6H3;;;;;;. The quantitative estimate of drug-likeness (QED) is 0.119. The minimum atomic E-state index is -1.31. The van der Waals surface area contributed by atoms with Crippen molar-refractivity contribution in [2.24, 2.45) is 0 Å². The Balaban J connectivity index is -0.000000390. The van der Waals surface area contributed by atoms with E-state index in [0.29, 0.717) is 0 Å². The van der Waals surface area contributed by atoms with Crippen molar-refractivity contribution < 1.29 is 48.8 Å². The van der Waals surface area contributed by atoms with Crippen LogP contribution in [0.5, 0.6) is 0 Å². The van der Waals surface area contributed by atoms with Gasteiger partial charge in [0.05, 0.1) is 24.3 Å². The topological polar surface area (TPSA) is 112 Å². The van der Waals surface area contributed by atoms with Gasteiger partial charge in [0.2, 0.25) is 0 Å². The molecule has 2 aromatic rings. The Labute approximate surface area is 227 Å². The van der Waals surface area contributed by atoms with Crippen LogP contribution >= 0.6 is 8.15 Å². The Kier molecular flexibility index (Phi) is 24.3. The molecule has 1 heterocycles. The van der Waals surface area contributed by atoms with Crippen LogP contribution in [-0.2, 0) is 54.2 Å². The molecule has 184 valence electrons. The summed E-state index contributed by atoms with van der Waals surface area (Å²) < 4.78 is 44.2. The third kappa shape index (κ3) is 11.5. The molecule has 1 atom stereocenters. The van der Waals surface area contributed by atoms with Crippen molar-refractivity contribution in [2.45, 2.75) is 49.5 Å². The Morgan fingerprint density at radius 2 is 0.857 bits per heavy atom. The van der Waals surface area contributed by atoms with Crippen molar-refractivity contribution in [3.8, 4) is 0 Å². The molecule has 1 fully saturated rings. The van der Waals surface area contributed by atoms with Crippen LogP contribution in [0.4, 0.5) is 0 Å². The van der Waals surface area contributed by atoms with Gasteiger partial charge in [-0.25, -0.2) is 0 Å². The number of hydrogen-bond donors (Lipinski definition) is 0. The van der Waals surface area contributed by atoms with E-state index >= 15 is 0 Å². The minimum absolute atomic E-state index is 0. The minimum Gasteiger partial charge on any atom is 0 e. The van der Waals surface area contributed by atoms with E-state index in [1.807, 2.05) is 0 Å². The van der Waals surface area contributed by atoms with Crippen molar-refractivity contribution in [1.29, 1.82) is 0 Å². The summed E-state index contributed by atoms with van der Waals surface area (Å²) in [5.74, 6) is 0. The summed E-state index contributed by atoms with van der Waals surface area (Å²) in [4.78, 5) is 0.792. The zero-order chi connectivity index (χ0) is 27.6. The maximum absolute atomic E-state index is 7.50. The van der Waals surface area contributed by atoms with Crippen LogP contribution in [0.25, 0.3) is 0 Å². The third-order valence-corrected chi connectivity index (χ3v) is 21.2. The number of hydrogen-bond acceptors (Lipinski definition) is 1. The Morgan fingerprint density at radius 1 is 0.600 bits per heavy atom. The van der Waals surface area contributed by atoms with Gasteiger partial charge in [-0.1, -0.05) is 99.9 Å². The normalized spacial score (nSPS) is 14.1. The molecular formula is C25H29O6PSi2W. The van der Waals surface area contributed by atoms with E-state index in [2.05, 4.69) is 133 Å². The average molecular weight is 696 g/mol. The van der Waals surface area contributed by atoms with Crippen molar-refractivity contribution in [3.63, 3.8) is 0 Å². The maximum atomic E-state index is 7.50. The summed E-state index contributed by atoms with van der Waals surface area (Å²) in [6.45, 7) is 37.7. The van der Waals surface area contributed by atoms with E-state index < -0.39 is 24.3 Å². The van der Waals surface area contributed by atoms with Gasteiger partial charge in [-0.05, 0) is 16.0 Å². The smallest absolute Gasteiger partial charge is 0 e. The second-order valence-electron chi connectivity index (χ2n) is 8.93. The van der Waals surface area contributed by atoms with Gasteiger partial charge in [0.25, 0.3) is 0 Å². The van der Waals surface area contributed by atoms with Crippen molar-refractivity contribution >= 4 is 24.3 Å². The molecule has 0 spiro atoms. The first kappa shape index (κ1) is 40.8. The summed E-state index contributed by atoms with van der Waals surface area (Å²) >= 11 is 0. The predicted molar refractivity (Wildman–Crippen MR) is 132 cm³/mol. The van der Waals surface area contributed by atoms with Crippen LogP contribution in [-0.4, -0.2) is 21.1 Å². The van der Waals surface area contributed by atoms with Crippen LogP contribution in [0, 0.1) is 33.3 Å². The van der Waals surface area contributed by atoms with Gasteiger partial charge < -0.3 is 4.52 Å². The fourth-order valence-electron chi connectivity index (χ4n) is 4.21. The molecule has 0 aromatic heterocycles. The average Bonchev–Trinajstić information content (AvgIpc) is 3.60. The van der Waals surface area contributed by atoms with E-state index in [1.54, 1.807) is 0 Å². The van der Waals surface area contributed by atoms with E-state index in [0.717, 1.165) is 4.91 Å². The van der Waals surface area contributed by atoms with E-state index in [4.69, 9.17) is 27.8 Å². The fraction of sp³-hybridized carbons (Fsp3) is 0.320. The summed E-state index contributed by atoms with van der Waals surface area (Å²) in [6, 6.07) is 21.8. The molecular weight excluding hydrogens is 667 g/mol. The second kappa shape index (κ2) is 20.8. The Bertz CT molecular complexity index is 828. The molecule has 0 N–H and O–H groups in total. The molecule has 35 heavy (non-hydrogen) atoms. The number of benzene rings is 2. The Morgan fingerprint density at radius 3 is 1.09 bits per heavy atom. The first-order valence-electron chi connectivity index (χ1n) is 9.79. The summed E-state index contributed by atoms with van der Waals surface area (Å²) in [5, 5.41) is -0.178. The molecule has 1 aliphatic heterocycles. The van der Waals surface area contributed by atoms with Crippen LogP contribution in [0.3, 0.4) is 0 Å². The molecule has 6 nitrogen and oxygen atoms in total. The SMILES string of the molecule is C[Si](C)(C)C(P1OC1(c1ccccc1)c1ccccc1)[Si](C)(C)C.[C-]#[O+].[C-]#[O+].[C-]#[O+].[C-]#[O+].[C-]#[O+].[W]. The van der Waals surface area contributed by atoms with Crippen molar-refractivity contribution in [2.75, 3.05) is 0 Å². The predicted octanol–water partition coefficient (Wildman–Crippen LogP) is 6.25. The Hall–Kier alpha value is -1.35. The zero-order valence-electron chi connectivity index (χ0n) is 20.7. The van der Waals surface area contributed by atoms with Gasteiger partial charge in [0.1, 0.15) is 0 Å². The molecule has 0 bridgehead atoms. The summed E-state index contributed by atoms with van der Waals surface area (Å²) in [7, 11) is -3.09. The van der Waals surface area contributed by atoms with Crippen LogP contribution in [0.1, 0.15) is 11.1 Å². The summed E-state index contributed by atoms with van der Waals surface area (Å²) in [5.41, 5.74) is 2.67. The largest absolute Gasteiger partial charge is 0 e. The first-order valence-corrected chi connectivity index (χ1v) is 18.3. The fourth-order valence-corrected chi connectivity index (χ4v) is 23.5. The molecule has 0 amide bonds. The van der Waals surface area contributed by atoms with E-state index in [1.165, 1.54) is 11.1 Å². The molecule has 0 radical (unpaired) electrons. The summed E-state index contributed by atoms with van der Waals surface area (Å²) in [6.07, 6.45) is 0. The van der Waals surface area contributed by atoms with Gasteiger partial charge >= 0.3 is 56.5 Å². The molecule has 0 saturated carbocycles. The van der Waals surface area contributed by atoms with Crippen LogP contribution in [0.2, 0.25) is 39.3 Å². The number of rotatable bonds is 5. The second-order valence-corrected chi connectivity index (χ2v) is 23.1. The van der Waals surface area contributed by atoms with E-state index in [-0.39, 0.29) is 26.4 Å². The molecule has 1 saturated heterocycles. The molecule has 0 aliphatic carbocycles. The zero-order valence-corrected chi connectivity index (χ0v) is 26.5. The van der Waals surface area contributed by atoms with Crippen molar-refractivity contribution in [3.05, 3.63) is 105 Å². The molecule has 1 unspecified atom stereocenters. The molecule has 2 aromatic carbocycles. The van der Waals surface area contributed by atoms with Crippen molar-refractivity contribution in [1.82, 2.24) is 0 Å². The van der Waals surface area contributed by atoms with Crippen LogP contribution in [0.15, 0.2) is 60.7 Å².